The van der Waals surface area contributed by atoms with Crippen LogP contribution in [-0.4, -0.2) is 66.0 Å². The molecule has 1 unspecified atom stereocenters. The molecule has 2 heterocycles. The highest BCUT2D eigenvalue weighted by Gasteiger charge is 2.42. The average molecular weight is 632 g/mol. The Morgan fingerprint density at radius 2 is 1.59 bits per heavy atom. The molecular weight excluding hydrogens is 591 g/mol. The van der Waals surface area contributed by atoms with Crippen LogP contribution < -0.4 is 10.1 Å². The zero-order valence-electron chi connectivity index (χ0n) is 26.3. The molecule has 1 saturated carbocycles. The fraction of sp³-hybridized carbons (Fsp3) is 0.405. The Morgan fingerprint density at radius 1 is 0.913 bits per heavy atom. The monoisotopic (exact) mass is 631 g/mol. The topological polar surface area (TPSA) is 61.9 Å². The zero-order valence-corrected chi connectivity index (χ0v) is 26.3. The van der Waals surface area contributed by atoms with Crippen LogP contribution in [0.3, 0.4) is 0 Å². The molecule has 1 saturated heterocycles. The molecule has 1 aliphatic carbocycles. The molecule has 1 N–H and O–H groups in total. The van der Waals surface area contributed by atoms with Crippen molar-refractivity contribution in [2.75, 3.05) is 26.2 Å². The lowest BCUT2D eigenvalue weighted by atomic mass is 9.82. The summed E-state index contributed by atoms with van der Waals surface area (Å²) in [6.07, 6.45) is 4.49. The van der Waals surface area contributed by atoms with Crippen LogP contribution in [0.1, 0.15) is 54.9 Å². The number of carbonyl (C=O) groups excluding carboxylic acids is 2. The summed E-state index contributed by atoms with van der Waals surface area (Å²) in [5.41, 5.74) is 6.17. The van der Waals surface area contributed by atoms with Crippen LogP contribution in [0.25, 0.3) is 5.57 Å². The van der Waals surface area contributed by atoms with Gasteiger partial charge in [0.15, 0.2) is 17.4 Å². The van der Waals surface area contributed by atoms with Crippen molar-refractivity contribution in [1.29, 1.82) is 0 Å². The summed E-state index contributed by atoms with van der Waals surface area (Å²) in [6, 6.07) is 18.1. The van der Waals surface area contributed by atoms with Gasteiger partial charge < -0.3 is 19.9 Å². The summed E-state index contributed by atoms with van der Waals surface area (Å²) in [4.78, 5) is 30.8. The standard InChI is InChI=1S/C37H40F3N3O3/c1-23-5-7-26(8-6-23)17-18-43(29-13-14-29)37(45)34-30(20-28-21-42(24(2)44)22-33(34)41-28)27-11-9-25(10-12-27)4-3-19-46-36-32(39)16-15-31(38)35(36)40/h5-12,15-16,28-29,33,41H,3-4,13-14,17-22H2,1-2H3/t28?,33-/m1/s1. The maximum Gasteiger partial charge on any atom is 0.252 e. The quantitative estimate of drug-likeness (QED) is 0.208. The number of amides is 2. The van der Waals surface area contributed by atoms with E-state index in [1.165, 1.54) is 11.1 Å². The van der Waals surface area contributed by atoms with Crippen LogP contribution in [0.5, 0.6) is 5.75 Å². The second kappa shape index (κ2) is 13.7. The van der Waals surface area contributed by atoms with E-state index in [0.29, 0.717) is 38.9 Å². The molecule has 6 rings (SSSR count). The van der Waals surface area contributed by atoms with E-state index in [2.05, 4.69) is 36.5 Å². The van der Waals surface area contributed by atoms with Gasteiger partial charge in [-0.2, -0.15) is 4.39 Å². The molecule has 3 aromatic carbocycles. The zero-order chi connectivity index (χ0) is 32.4. The first-order chi connectivity index (χ1) is 22.2. The summed E-state index contributed by atoms with van der Waals surface area (Å²) in [5.74, 6) is -4.04. The van der Waals surface area contributed by atoms with Gasteiger partial charge in [-0.1, -0.05) is 54.1 Å². The summed E-state index contributed by atoms with van der Waals surface area (Å²) < 4.78 is 46.5. The van der Waals surface area contributed by atoms with Crippen LogP contribution in [0.4, 0.5) is 13.2 Å². The smallest absolute Gasteiger partial charge is 0.252 e. The summed E-state index contributed by atoms with van der Waals surface area (Å²) in [7, 11) is 0. The van der Waals surface area contributed by atoms with Gasteiger partial charge in [0.1, 0.15) is 0 Å². The van der Waals surface area contributed by atoms with E-state index in [0.717, 1.165) is 53.7 Å². The van der Waals surface area contributed by atoms with Gasteiger partial charge in [0.25, 0.3) is 5.91 Å². The number of nitrogens with zero attached hydrogens (tertiary/aromatic N) is 2. The first-order valence-electron chi connectivity index (χ1n) is 16.1. The van der Waals surface area contributed by atoms with Gasteiger partial charge in [0.05, 0.1) is 12.6 Å². The molecule has 2 fully saturated rings. The third-order valence-corrected chi connectivity index (χ3v) is 9.25. The summed E-state index contributed by atoms with van der Waals surface area (Å²) >= 11 is 0. The van der Waals surface area contributed by atoms with Crippen LogP contribution in [0.2, 0.25) is 0 Å². The molecule has 9 heteroatoms. The predicted molar refractivity (Wildman–Crippen MR) is 171 cm³/mol. The number of halogens is 3. The van der Waals surface area contributed by atoms with E-state index >= 15 is 0 Å². The fourth-order valence-corrected chi connectivity index (χ4v) is 6.58. The molecule has 46 heavy (non-hydrogen) atoms. The van der Waals surface area contributed by atoms with Gasteiger partial charge in [0.2, 0.25) is 11.7 Å². The number of hydrogen-bond acceptors (Lipinski definition) is 4. The molecule has 2 amide bonds. The van der Waals surface area contributed by atoms with Crippen molar-refractivity contribution < 1.29 is 27.5 Å². The first-order valence-corrected chi connectivity index (χ1v) is 16.1. The Labute approximate surface area is 268 Å². The summed E-state index contributed by atoms with van der Waals surface area (Å²) in [5, 5.41) is 3.64. The number of fused-ring (bicyclic) bond motifs is 2. The number of ether oxygens (including phenoxy) is 1. The van der Waals surface area contributed by atoms with Gasteiger partial charge in [-0.25, -0.2) is 8.78 Å². The molecule has 2 aliphatic heterocycles. The molecule has 0 aromatic heterocycles. The number of benzene rings is 3. The molecule has 2 atom stereocenters. The molecule has 2 bridgehead atoms. The Balaban J connectivity index is 1.20. The molecule has 242 valence electrons. The maximum atomic E-state index is 14.5. The lowest BCUT2D eigenvalue weighted by Crippen LogP contribution is -2.62. The average Bonchev–Trinajstić information content (AvgIpc) is 3.89. The minimum Gasteiger partial charge on any atom is -0.488 e. The Morgan fingerprint density at radius 3 is 2.28 bits per heavy atom. The largest absolute Gasteiger partial charge is 0.488 e. The lowest BCUT2D eigenvalue weighted by Gasteiger charge is -2.44. The predicted octanol–water partition coefficient (Wildman–Crippen LogP) is 6.00. The van der Waals surface area contributed by atoms with Crippen LogP contribution >= 0.6 is 0 Å². The molecule has 6 nitrogen and oxygen atoms in total. The van der Waals surface area contributed by atoms with Gasteiger partial charge in [-0.3, -0.25) is 9.59 Å². The maximum absolute atomic E-state index is 14.5. The van der Waals surface area contributed by atoms with Gasteiger partial charge in [0, 0.05) is 44.2 Å². The minimum absolute atomic E-state index is 0.0152. The Hall–Kier alpha value is -4.11. The van der Waals surface area contributed by atoms with E-state index in [4.69, 9.17) is 4.74 Å². The molecule has 3 aliphatic rings. The second-order valence-electron chi connectivity index (χ2n) is 12.7. The summed E-state index contributed by atoms with van der Waals surface area (Å²) in [6.45, 7) is 5.37. The van der Waals surface area contributed by atoms with Crippen molar-refractivity contribution >= 4 is 17.4 Å². The number of nitrogens with one attached hydrogen (secondary N) is 1. The molecule has 3 aromatic rings. The van der Waals surface area contributed by atoms with Crippen LogP contribution in [-0.2, 0) is 22.4 Å². The van der Waals surface area contributed by atoms with E-state index in [1.54, 1.807) is 6.92 Å². The normalized spacial score (nSPS) is 19.3. The highest BCUT2D eigenvalue weighted by atomic mass is 19.2. The number of aryl methyl sites for hydroxylation is 2. The highest BCUT2D eigenvalue weighted by Crippen LogP contribution is 2.37. The van der Waals surface area contributed by atoms with E-state index in [1.807, 2.05) is 34.1 Å². The van der Waals surface area contributed by atoms with Crippen molar-refractivity contribution in [1.82, 2.24) is 15.1 Å². The molecule has 0 radical (unpaired) electrons. The van der Waals surface area contributed by atoms with Crippen molar-refractivity contribution in [3.63, 3.8) is 0 Å². The number of piperazine rings is 1. The number of hydrogen-bond donors (Lipinski definition) is 1. The second-order valence-corrected chi connectivity index (χ2v) is 12.7. The first kappa shape index (κ1) is 31.9. The van der Waals surface area contributed by atoms with Gasteiger partial charge in [-0.05, 0) is 79.8 Å². The van der Waals surface area contributed by atoms with E-state index < -0.39 is 23.2 Å². The SMILES string of the molecule is CC(=O)N1CC2CC(c3ccc(CCCOc4c(F)ccc(F)c4F)cc3)=C(C(=O)N(CCc3ccc(C)cc3)C3CC3)[C@@H](C1)N2. The van der Waals surface area contributed by atoms with Gasteiger partial charge in [-0.15, -0.1) is 0 Å². The van der Waals surface area contributed by atoms with Crippen molar-refractivity contribution in [3.8, 4) is 5.75 Å². The highest BCUT2D eigenvalue weighted by molar-refractivity contribution is 6.03. The van der Waals surface area contributed by atoms with Gasteiger partial charge >= 0.3 is 0 Å². The van der Waals surface area contributed by atoms with Crippen LogP contribution in [0, 0.1) is 24.4 Å². The number of carbonyl (C=O) groups is 2. The number of rotatable bonds is 11. The van der Waals surface area contributed by atoms with E-state index in [9.17, 15) is 22.8 Å². The lowest BCUT2D eigenvalue weighted by molar-refractivity contribution is -0.132. The van der Waals surface area contributed by atoms with Crippen molar-refractivity contribution in [2.45, 2.75) is 70.5 Å². The third kappa shape index (κ3) is 7.15. The Kier molecular flexibility index (Phi) is 9.49. The Bertz CT molecular complexity index is 1620. The van der Waals surface area contributed by atoms with Crippen LogP contribution in [0.15, 0.2) is 66.2 Å². The minimum atomic E-state index is -1.32. The van der Waals surface area contributed by atoms with Crippen molar-refractivity contribution in [2.24, 2.45) is 0 Å². The van der Waals surface area contributed by atoms with Crippen molar-refractivity contribution in [3.05, 3.63) is 106 Å². The molecular formula is C37H40F3N3O3. The fourth-order valence-electron chi connectivity index (χ4n) is 6.58. The molecule has 0 spiro atoms. The third-order valence-electron chi connectivity index (χ3n) is 9.25. The van der Waals surface area contributed by atoms with E-state index in [-0.39, 0.29) is 36.5 Å².